The molecule has 0 bridgehead atoms. The topological polar surface area (TPSA) is 55.2 Å². The fourth-order valence-electron chi connectivity index (χ4n) is 3.63. The number of aromatic nitrogens is 2. The molecule has 142 valence electrons. The molecule has 0 saturated carbocycles. The Labute approximate surface area is 168 Å². The van der Waals surface area contributed by atoms with Gasteiger partial charge >= 0.3 is 0 Å². The van der Waals surface area contributed by atoms with Crippen LogP contribution < -0.4 is 10.5 Å². The second-order valence-corrected chi connectivity index (χ2v) is 7.37. The molecule has 0 aliphatic carbocycles. The zero-order valence-corrected chi connectivity index (χ0v) is 16.3. The van der Waals surface area contributed by atoms with Gasteiger partial charge in [-0.15, -0.1) is 0 Å². The van der Waals surface area contributed by atoms with Gasteiger partial charge in [-0.3, -0.25) is 14.2 Å². The summed E-state index contributed by atoms with van der Waals surface area (Å²) in [6.45, 7) is 2.35. The molecule has 1 aliphatic rings. The van der Waals surface area contributed by atoms with E-state index in [0.717, 1.165) is 24.1 Å². The molecular formula is C22H20ClN3O2. The Kier molecular flexibility index (Phi) is 5.01. The van der Waals surface area contributed by atoms with Crippen molar-refractivity contribution in [3.8, 4) is 11.4 Å². The van der Waals surface area contributed by atoms with Gasteiger partial charge in [0, 0.05) is 34.6 Å². The summed E-state index contributed by atoms with van der Waals surface area (Å²) in [6, 6.07) is 16.5. The van der Waals surface area contributed by atoms with Gasteiger partial charge in [0.05, 0.1) is 0 Å². The first-order valence-corrected chi connectivity index (χ1v) is 9.63. The van der Waals surface area contributed by atoms with Crippen LogP contribution >= 0.6 is 11.6 Å². The van der Waals surface area contributed by atoms with Crippen molar-refractivity contribution >= 4 is 23.2 Å². The molecule has 0 radical (unpaired) electrons. The van der Waals surface area contributed by atoms with Crippen molar-refractivity contribution in [2.45, 2.75) is 26.3 Å². The lowest BCUT2D eigenvalue weighted by Gasteiger charge is -2.30. The van der Waals surface area contributed by atoms with Crippen LogP contribution in [-0.2, 0) is 17.8 Å². The van der Waals surface area contributed by atoms with E-state index in [2.05, 4.69) is 4.98 Å². The lowest BCUT2D eigenvalue weighted by atomic mass is 10.0. The highest BCUT2D eigenvalue weighted by Gasteiger charge is 2.23. The van der Waals surface area contributed by atoms with Gasteiger partial charge in [0.25, 0.3) is 5.56 Å². The van der Waals surface area contributed by atoms with Crippen molar-refractivity contribution in [2.75, 3.05) is 11.4 Å². The minimum absolute atomic E-state index is 0.0672. The number of anilines is 1. The van der Waals surface area contributed by atoms with Crippen molar-refractivity contribution in [2.24, 2.45) is 0 Å². The maximum absolute atomic E-state index is 13.1. The number of aryl methyl sites for hydroxylation is 2. The fraction of sp³-hybridized carbons (Fsp3) is 0.227. The van der Waals surface area contributed by atoms with Crippen molar-refractivity contribution in [1.82, 2.24) is 9.55 Å². The molecule has 5 nitrogen and oxygen atoms in total. The van der Waals surface area contributed by atoms with E-state index in [-0.39, 0.29) is 18.0 Å². The number of fused-ring (bicyclic) bond motifs is 1. The Hall–Kier alpha value is -2.92. The van der Waals surface area contributed by atoms with Gasteiger partial charge in [-0.2, -0.15) is 0 Å². The summed E-state index contributed by atoms with van der Waals surface area (Å²) in [5.41, 5.74) is 3.15. The largest absolute Gasteiger partial charge is 0.311 e. The third-order valence-corrected chi connectivity index (χ3v) is 5.16. The molecule has 28 heavy (non-hydrogen) atoms. The number of carbonyl (C=O) groups is 1. The Bertz CT molecular complexity index is 1110. The molecule has 0 fully saturated rings. The molecule has 0 atom stereocenters. The van der Waals surface area contributed by atoms with Crippen LogP contribution in [0.1, 0.15) is 17.7 Å². The molecule has 0 N–H and O–H groups in total. The Morgan fingerprint density at radius 2 is 1.96 bits per heavy atom. The van der Waals surface area contributed by atoms with Crippen LogP contribution in [-0.4, -0.2) is 22.0 Å². The van der Waals surface area contributed by atoms with E-state index in [1.54, 1.807) is 30.0 Å². The van der Waals surface area contributed by atoms with Crippen LogP contribution in [0.15, 0.2) is 59.4 Å². The van der Waals surface area contributed by atoms with E-state index >= 15 is 0 Å². The summed E-state index contributed by atoms with van der Waals surface area (Å²) < 4.78 is 1.43. The van der Waals surface area contributed by atoms with E-state index in [1.807, 2.05) is 30.3 Å². The van der Waals surface area contributed by atoms with Gasteiger partial charge in [-0.25, -0.2) is 4.98 Å². The summed E-state index contributed by atoms with van der Waals surface area (Å²) in [6.07, 6.45) is 1.87. The van der Waals surface area contributed by atoms with E-state index in [0.29, 0.717) is 28.6 Å². The van der Waals surface area contributed by atoms with Gasteiger partial charge in [-0.1, -0.05) is 41.9 Å². The standard InChI is InChI=1S/C22H20ClN3O2/c1-15-12-20(27)26(22(24-15)17-7-4-9-18(23)13-17)14-21(28)25-11-5-8-16-6-2-3-10-19(16)25/h2-4,6-7,9-10,12-13H,5,8,11,14H2,1H3. The number of rotatable bonds is 3. The first kappa shape index (κ1) is 18.4. The second-order valence-electron chi connectivity index (χ2n) is 6.93. The molecule has 0 saturated heterocycles. The maximum Gasteiger partial charge on any atom is 0.254 e. The SMILES string of the molecule is Cc1cc(=O)n(CC(=O)N2CCCc3ccccc32)c(-c2cccc(Cl)c2)n1. The minimum atomic E-state index is -0.249. The van der Waals surface area contributed by atoms with E-state index < -0.39 is 0 Å². The maximum atomic E-state index is 13.1. The highest BCUT2D eigenvalue weighted by molar-refractivity contribution is 6.30. The molecule has 1 amide bonds. The zero-order valence-electron chi connectivity index (χ0n) is 15.6. The molecule has 2 aromatic carbocycles. The van der Waals surface area contributed by atoms with Crippen molar-refractivity contribution in [3.63, 3.8) is 0 Å². The molecular weight excluding hydrogens is 374 g/mol. The minimum Gasteiger partial charge on any atom is -0.311 e. The summed E-state index contributed by atoms with van der Waals surface area (Å²) in [5, 5.41) is 0.552. The van der Waals surface area contributed by atoms with Gasteiger partial charge < -0.3 is 4.90 Å². The average Bonchev–Trinajstić information content (AvgIpc) is 2.69. The lowest BCUT2D eigenvalue weighted by Crippen LogP contribution is -2.40. The lowest BCUT2D eigenvalue weighted by molar-refractivity contribution is -0.119. The molecule has 2 heterocycles. The van der Waals surface area contributed by atoms with Crippen LogP contribution in [0.5, 0.6) is 0 Å². The van der Waals surface area contributed by atoms with Gasteiger partial charge in [0.15, 0.2) is 0 Å². The van der Waals surface area contributed by atoms with Crippen molar-refractivity contribution in [1.29, 1.82) is 0 Å². The van der Waals surface area contributed by atoms with E-state index in [9.17, 15) is 9.59 Å². The molecule has 3 aromatic rings. The molecule has 1 aliphatic heterocycles. The highest BCUT2D eigenvalue weighted by atomic mass is 35.5. The predicted molar refractivity (Wildman–Crippen MR) is 111 cm³/mol. The van der Waals surface area contributed by atoms with Crippen LogP contribution in [0.25, 0.3) is 11.4 Å². The number of benzene rings is 2. The van der Waals surface area contributed by atoms with Crippen LogP contribution in [0, 0.1) is 6.92 Å². The van der Waals surface area contributed by atoms with Crippen molar-refractivity contribution in [3.05, 3.63) is 81.2 Å². The smallest absolute Gasteiger partial charge is 0.254 e. The normalized spacial score (nSPS) is 13.3. The number of amides is 1. The van der Waals surface area contributed by atoms with Crippen molar-refractivity contribution < 1.29 is 4.79 Å². The summed E-state index contributed by atoms with van der Waals surface area (Å²) >= 11 is 6.12. The Balaban J connectivity index is 1.73. The number of halogens is 1. The van der Waals surface area contributed by atoms with Crippen LogP contribution in [0.2, 0.25) is 5.02 Å². The quantitative estimate of drug-likeness (QED) is 0.679. The second kappa shape index (κ2) is 7.60. The first-order valence-electron chi connectivity index (χ1n) is 9.25. The van der Waals surface area contributed by atoms with Crippen LogP contribution in [0.3, 0.4) is 0 Å². The molecule has 0 unspecified atom stereocenters. The van der Waals surface area contributed by atoms with Crippen LogP contribution in [0.4, 0.5) is 5.69 Å². The monoisotopic (exact) mass is 393 g/mol. The summed E-state index contributed by atoms with van der Waals surface area (Å²) in [7, 11) is 0. The van der Waals surface area contributed by atoms with E-state index in [1.165, 1.54) is 10.6 Å². The fourth-order valence-corrected chi connectivity index (χ4v) is 3.82. The number of hydrogen-bond acceptors (Lipinski definition) is 3. The number of carbonyl (C=O) groups excluding carboxylic acids is 1. The third-order valence-electron chi connectivity index (χ3n) is 4.92. The summed E-state index contributed by atoms with van der Waals surface area (Å²) in [4.78, 5) is 32.1. The third kappa shape index (κ3) is 3.58. The number of para-hydroxylation sites is 1. The molecule has 0 spiro atoms. The summed E-state index contributed by atoms with van der Waals surface area (Å²) in [5.74, 6) is 0.328. The van der Waals surface area contributed by atoms with Gasteiger partial charge in [-0.05, 0) is 43.5 Å². The van der Waals surface area contributed by atoms with Gasteiger partial charge in [0.2, 0.25) is 5.91 Å². The molecule has 4 rings (SSSR count). The highest BCUT2D eigenvalue weighted by Crippen LogP contribution is 2.27. The number of hydrogen-bond donors (Lipinski definition) is 0. The Morgan fingerprint density at radius 3 is 2.79 bits per heavy atom. The van der Waals surface area contributed by atoms with E-state index in [4.69, 9.17) is 11.6 Å². The first-order chi connectivity index (χ1) is 13.5. The van der Waals surface area contributed by atoms with Gasteiger partial charge in [0.1, 0.15) is 12.4 Å². The average molecular weight is 394 g/mol. The molecule has 1 aromatic heterocycles. The Morgan fingerprint density at radius 1 is 1.14 bits per heavy atom. The molecule has 6 heteroatoms. The zero-order chi connectivity index (χ0) is 19.7. The number of nitrogens with zero attached hydrogens (tertiary/aromatic N) is 3. The predicted octanol–water partition coefficient (Wildman–Crippen LogP) is 3.85.